The molecule has 1 fully saturated rings. The van der Waals surface area contributed by atoms with Crippen molar-refractivity contribution in [3.8, 4) is 5.75 Å². The van der Waals surface area contributed by atoms with E-state index in [1.54, 1.807) is 6.20 Å². The van der Waals surface area contributed by atoms with Crippen LogP contribution in [0.25, 0.3) is 0 Å². The van der Waals surface area contributed by atoms with Crippen molar-refractivity contribution in [3.63, 3.8) is 0 Å². The van der Waals surface area contributed by atoms with E-state index in [0.717, 1.165) is 18.9 Å². The highest BCUT2D eigenvalue weighted by molar-refractivity contribution is 6.04. The minimum atomic E-state index is -0.325. The maximum absolute atomic E-state index is 12.0. The number of hydrogen-bond acceptors (Lipinski definition) is 5. The molecular formula is C15H16N4O2. The summed E-state index contributed by atoms with van der Waals surface area (Å²) < 4.78 is 0. The molecule has 0 atom stereocenters. The Bertz CT molecular complexity index is 636. The second-order valence-corrected chi connectivity index (χ2v) is 4.99. The number of nitrogens with one attached hydrogen (secondary N) is 1. The number of amides is 1. The van der Waals surface area contributed by atoms with E-state index in [1.165, 1.54) is 31.3 Å². The molecule has 0 aliphatic carbocycles. The first-order valence-corrected chi connectivity index (χ1v) is 6.89. The van der Waals surface area contributed by atoms with Crippen LogP contribution in [0.3, 0.4) is 0 Å². The molecule has 3 rings (SSSR count). The Hall–Kier alpha value is -2.63. The molecule has 2 N–H and O–H groups in total. The van der Waals surface area contributed by atoms with Crippen molar-refractivity contribution in [2.45, 2.75) is 12.8 Å². The van der Waals surface area contributed by atoms with E-state index in [9.17, 15) is 9.90 Å². The highest BCUT2D eigenvalue weighted by atomic mass is 16.3. The molecule has 1 aliphatic rings. The molecule has 1 saturated heterocycles. The quantitative estimate of drug-likeness (QED) is 0.901. The van der Waals surface area contributed by atoms with E-state index in [4.69, 9.17) is 0 Å². The number of aromatic hydroxyl groups is 1. The van der Waals surface area contributed by atoms with Gasteiger partial charge in [0.25, 0.3) is 5.91 Å². The van der Waals surface area contributed by atoms with Crippen LogP contribution < -0.4 is 10.2 Å². The van der Waals surface area contributed by atoms with Gasteiger partial charge in [-0.05, 0) is 31.0 Å². The van der Waals surface area contributed by atoms with Gasteiger partial charge >= 0.3 is 0 Å². The zero-order chi connectivity index (χ0) is 14.7. The van der Waals surface area contributed by atoms with Crippen LogP contribution in [0.4, 0.5) is 11.5 Å². The molecule has 0 unspecified atom stereocenters. The number of aromatic nitrogens is 2. The van der Waals surface area contributed by atoms with E-state index >= 15 is 0 Å². The van der Waals surface area contributed by atoms with Gasteiger partial charge in [0.2, 0.25) is 0 Å². The lowest BCUT2D eigenvalue weighted by atomic mass is 10.2. The van der Waals surface area contributed by atoms with Gasteiger partial charge in [0.05, 0.1) is 23.6 Å². The van der Waals surface area contributed by atoms with E-state index in [-0.39, 0.29) is 11.7 Å². The molecule has 2 aromatic rings. The Labute approximate surface area is 122 Å². The van der Waals surface area contributed by atoms with Crippen LogP contribution in [0.5, 0.6) is 5.75 Å². The molecule has 6 heteroatoms. The lowest BCUT2D eigenvalue weighted by molar-refractivity contribution is 0.102. The minimum absolute atomic E-state index is 0.0369. The Morgan fingerprint density at radius 3 is 2.67 bits per heavy atom. The van der Waals surface area contributed by atoms with Crippen LogP contribution in [-0.4, -0.2) is 34.1 Å². The fraction of sp³-hybridized carbons (Fsp3) is 0.267. The molecule has 0 bridgehead atoms. The standard InChI is InChI=1S/C15H16N4O2/c20-13-7-11(8-16-10-13)15(21)18-12-3-4-14(17-9-12)19-5-1-2-6-19/h3-4,7-10,20H,1-2,5-6H2,(H,18,21). The van der Waals surface area contributed by atoms with Crippen molar-refractivity contribution >= 4 is 17.4 Å². The van der Waals surface area contributed by atoms with E-state index in [1.807, 2.05) is 12.1 Å². The number of nitrogens with zero attached hydrogens (tertiary/aromatic N) is 3. The monoisotopic (exact) mass is 284 g/mol. The second-order valence-electron chi connectivity index (χ2n) is 4.99. The molecule has 0 saturated carbocycles. The summed E-state index contributed by atoms with van der Waals surface area (Å²) >= 11 is 0. The smallest absolute Gasteiger partial charge is 0.257 e. The van der Waals surface area contributed by atoms with Gasteiger partial charge in [-0.2, -0.15) is 0 Å². The molecule has 0 spiro atoms. The Morgan fingerprint density at radius 1 is 1.19 bits per heavy atom. The van der Waals surface area contributed by atoms with Crippen molar-refractivity contribution in [2.24, 2.45) is 0 Å². The van der Waals surface area contributed by atoms with Crippen LogP contribution in [0, 0.1) is 0 Å². The third kappa shape index (κ3) is 3.10. The fourth-order valence-corrected chi connectivity index (χ4v) is 2.35. The summed E-state index contributed by atoms with van der Waals surface area (Å²) in [6.07, 6.45) is 6.72. The highest BCUT2D eigenvalue weighted by Gasteiger charge is 2.13. The largest absolute Gasteiger partial charge is 0.506 e. The van der Waals surface area contributed by atoms with Gasteiger partial charge in [0.15, 0.2) is 0 Å². The summed E-state index contributed by atoms with van der Waals surface area (Å²) in [5.41, 5.74) is 0.921. The van der Waals surface area contributed by atoms with Crippen LogP contribution in [0.15, 0.2) is 36.8 Å². The van der Waals surface area contributed by atoms with Gasteiger partial charge in [-0.25, -0.2) is 4.98 Å². The lowest BCUT2D eigenvalue weighted by Gasteiger charge is -2.16. The van der Waals surface area contributed by atoms with Gasteiger partial charge in [-0.1, -0.05) is 0 Å². The molecule has 0 radical (unpaired) electrons. The fourth-order valence-electron chi connectivity index (χ4n) is 2.35. The van der Waals surface area contributed by atoms with Crippen molar-refractivity contribution < 1.29 is 9.90 Å². The zero-order valence-electron chi connectivity index (χ0n) is 11.5. The molecule has 2 aromatic heterocycles. The molecule has 108 valence electrons. The van der Waals surface area contributed by atoms with Crippen molar-refractivity contribution in [2.75, 3.05) is 23.3 Å². The Kier molecular flexibility index (Phi) is 3.68. The number of carbonyl (C=O) groups excluding carboxylic acids is 1. The molecule has 1 aliphatic heterocycles. The highest BCUT2D eigenvalue weighted by Crippen LogP contribution is 2.19. The predicted octanol–water partition coefficient (Wildman–Crippen LogP) is 2.03. The van der Waals surface area contributed by atoms with Crippen molar-refractivity contribution in [3.05, 3.63) is 42.4 Å². The second kappa shape index (κ2) is 5.78. The van der Waals surface area contributed by atoms with E-state index in [2.05, 4.69) is 20.2 Å². The number of hydrogen-bond donors (Lipinski definition) is 2. The SMILES string of the molecule is O=C(Nc1ccc(N2CCCC2)nc1)c1cncc(O)c1. The Morgan fingerprint density at radius 2 is 2.00 bits per heavy atom. The van der Waals surface area contributed by atoms with Crippen molar-refractivity contribution in [1.29, 1.82) is 0 Å². The minimum Gasteiger partial charge on any atom is -0.506 e. The van der Waals surface area contributed by atoms with Crippen LogP contribution in [0.1, 0.15) is 23.2 Å². The Balaban J connectivity index is 1.68. The summed E-state index contributed by atoms with van der Waals surface area (Å²) in [5, 5.41) is 12.1. The van der Waals surface area contributed by atoms with Gasteiger partial charge < -0.3 is 15.3 Å². The average molecular weight is 284 g/mol. The van der Waals surface area contributed by atoms with Gasteiger partial charge in [-0.15, -0.1) is 0 Å². The maximum atomic E-state index is 12.0. The summed E-state index contributed by atoms with van der Waals surface area (Å²) in [4.78, 5) is 22.4. The van der Waals surface area contributed by atoms with Gasteiger partial charge in [-0.3, -0.25) is 9.78 Å². The third-order valence-electron chi connectivity index (χ3n) is 3.42. The number of carbonyl (C=O) groups is 1. The lowest BCUT2D eigenvalue weighted by Crippen LogP contribution is -2.19. The number of anilines is 2. The average Bonchev–Trinajstić information content (AvgIpc) is 3.02. The summed E-state index contributed by atoms with van der Waals surface area (Å²) in [6, 6.07) is 5.10. The number of pyridine rings is 2. The van der Waals surface area contributed by atoms with Crippen molar-refractivity contribution in [1.82, 2.24) is 9.97 Å². The van der Waals surface area contributed by atoms with Crippen LogP contribution >= 0.6 is 0 Å². The first kappa shape index (κ1) is 13.4. The molecular weight excluding hydrogens is 268 g/mol. The van der Waals surface area contributed by atoms with E-state index in [0.29, 0.717) is 11.3 Å². The summed E-state index contributed by atoms with van der Waals surface area (Å²) in [5.74, 6) is 0.573. The summed E-state index contributed by atoms with van der Waals surface area (Å²) in [6.45, 7) is 2.07. The van der Waals surface area contributed by atoms with Crippen LogP contribution in [-0.2, 0) is 0 Å². The van der Waals surface area contributed by atoms with Gasteiger partial charge in [0.1, 0.15) is 11.6 Å². The molecule has 3 heterocycles. The first-order valence-electron chi connectivity index (χ1n) is 6.89. The summed E-state index contributed by atoms with van der Waals surface area (Å²) in [7, 11) is 0. The first-order chi connectivity index (χ1) is 10.2. The third-order valence-corrected chi connectivity index (χ3v) is 3.42. The van der Waals surface area contributed by atoms with Crippen LogP contribution in [0.2, 0.25) is 0 Å². The molecule has 6 nitrogen and oxygen atoms in total. The predicted molar refractivity (Wildman–Crippen MR) is 79.5 cm³/mol. The van der Waals surface area contributed by atoms with E-state index < -0.39 is 0 Å². The molecule has 1 amide bonds. The zero-order valence-corrected chi connectivity index (χ0v) is 11.5. The maximum Gasteiger partial charge on any atom is 0.257 e. The van der Waals surface area contributed by atoms with Gasteiger partial charge in [0, 0.05) is 19.3 Å². The topological polar surface area (TPSA) is 78.4 Å². The molecule has 21 heavy (non-hydrogen) atoms. The number of rotatable bonds is 3. The normalized spacial score (nSPS) is 14.2. The molecule has 0 aromatic carbocycles.